The number of carbonyl (C=O) groups is 1. The Labute approximate surface area is 92.9 Å². The molecule has 1 unspecified atom stereocenters. The molecule has 1 heterocycles. The van der Waals surface area contributed by atoms with Crippen LogP contribution >= 0.6 is 23.9 Å². The Morgan fingerprint density at radius 1 is 1.71 bits per heavy atom. The zero-order valence-electron chi connectivity index (χ0n) is 7.98. The molecular formula is C7H13ClN4OS. The fraction of sp³-hybridized carbons (Fsp3) is 0.571. The standard InChI is InChI=1S/C7H12N4OS.ClH/c1-5(8-2)3-9-7(12)6-4-10-11-13-6;/h4-5,8H,3H2,1-2H3,(H,9,12);1H. The van der Waals surface area contributed by atoms with Gasteiger partial charge in [-0.15, -0.1) is 17.5 Å². The van der Waals surface area contributed by atoms with Crippen LogP contribution in [-0.4, -0.2) is 35.1 Å². The highest BCUT2D eigenvalue weighted by molar-refractivity contribution is 7.07. The number of nitrogens with zero attached hydrogens (tertiary/aromatic N) is 2. The van der Waals surface area contributed by atoms with Crippen LogP contribution in [0.25, 0.3) is 0 Å². The molecule has 0 aliphatic heterocycles. The molecule has 0 aliphatic carbocycles. The van der Waals surface area contributed by atoms with Crippen molar-refractivity contribution in [1.82, 2.24) is 20.2 Å². The van der Waals surface area contributed by atoms with Crippen molar-refractivity contribution in [2.75, 3.05) is 13.6 Å². The van der Waals surface area contributed by atoms with E-state index in [9.17, 15) is 4.79 Å². The van der Waals surface area contributed by atoms with E-state index in [4.69, 9.17) is 0 Å². The van der Waals surface area contributed by atoms with E-state index >= 15 is 0 Å². The van der Waals surface area contributed by atoms with E-state index in [1.54, 1.807) is 0 Å². The predicted octanol–water partition coefficient (Wildman–Crippen LogP) is 0.298. The van der Waals surface area contributed by atoms with Gasteiger partial charge in [0, 0.05) is 12.6 Å². The molecule has 1 atom stereocenters. The summed E-state index contributed by atoms with van der Waals surface area (Å²) in [6.45, 7) is 2.60. The first-order valence-corrected chi connectivity index (χ1v) is 4.74. The molecular weight excluding hydrogens is 224 g/mol. The molecule has 0 spiro atoms. The molecule has 0 radical (unpaired) electrons. The third kappa shape index (κ3) is 3.99. The summed E-state index contributed by atoms with van der Waals surface area (Å²) in [6.07, 6.45) is 1.46. The average Bonchev–Trinajstić information content (AvgIpc) is 2.66. The van der Waals surface area contributed by atoms with Gasteiger partial charge in [0.05, 0.1) is 6.20 Å². The number of hydrogen-bond acceptors (Lipinski definition) is 5. The number of amides is 1. The summed E-state index contributed by atoms with van der Waals surface area (Å²) in [5.41, 5.74) is 0. The Bertz CT molecular complexity index is 267. The van der Waals surface area contributed by atoms with Gasteiger partial charge in [-0.3, -0.25) is 4.79 Å². The number of halogens is 1. The zero-order valence-corrected chi connectivity index (χ0v) is 9.61. The monoisotopic (exact) mass is 236 g/mol. The van der Waals surface area contributed by atoms with Crippen molar-refractivity contribution < 1.29 is 4.79 Å². The molecule has 1 aromatic heterocycles. The lowest BCUT2D eigenvalue weighted by molar-refractivity contribution is 0.0954. The summed E-state index contributed by atoms with van der Waals surface area (Å²) in [7, 11) is 1.85. The van der Waals surface area contributed by atoms with E-state index in [2.05, 4.69) is 20.2 Å². The molecule has 1 amide bonds. The molecule has 80 valence electrons. The normalized spacial score (nSPS) is 11.6. The maximum Gasteiger partial charge on any atom is 0.264 e. The quantitative estimate of drug-likeness (QED) is 0.789. The number of likely N-dealkylation sites (N-methyl/N-ethyl adjacent to an activating group) is 1. The van der Waals surface area contributed by atoms with Crippen LogP contribution in [0.1, 0.15) is 16.6 Å². The predicted molar refractivity (Wildman–Crippen MR) is 58.0 cm³/mol. The highest BCUT2D eigenvalue weighted by atomic mass is 35.5. The topological polar surface area (TPSA) is 66.9 Å². The summed E-state index contributed by atoms with van der Waals surface area (Å²) in [4.78, 5) is 11.9. The SMILES string of the molecule is CNC(C)CNC(=O)c1cnns1.Cl. The van der Waals surface area contributed by atoms with Gasteiger partial charge in [0.1, 0.15) is 4.88 Å². The first-order valence-electron chi connectivity index (χ1n) is 3.97. The Morgan fingerprint density at radius 2 is 2.43 bits per heavy atom. The minimum Gasteiger partial charge on any atom is -0.350 e. The lowest BCUT2D eigenvalue weighted by atomic mass is 10.3. The number of carbonyl (C=O) groups excluding carboxylic acids is 1. The molecule has 0 bridgehead atoms. The minimum atomic E-state index is -0.114. The molecule has 5 nitrogen and oxygen atoms in total. The summed E-state index contributed by atoms with van der Waals surface area (Å²) >= 11 is 1.10. The molecule has 1 rings (SSSR count). The summed E-state index contributed by atoms with van der Waals surface area (Å²) < 4.78 is 3.61. The first-order chi connectivity index (χ1) is 6.24. The van der Waals surface area contributed by atoms with Gasteiger partial charge in [-0.2, -0.15) is 0 Å². The van der Waals surface area contributed by atoms with E-state index in [1.165, 1.54) is 6.20 Å². The minimum absolute atomic E-state index is 0. The van der Waals surface area contributed by atoms with Crippen LogP contribution in [0, 0.1) is 0 Å². The van der Waals surface area contributed by atoms with Gasteiger partial charge in [0.2, 0.25) is 0 Å². The van der Waals surface area contributed by atoms with Crippen LogP contribution in [0.2, 0.25) is 0 Å². The summed E-state index contributed by atoms with van der Waals surface area (Å²) in [5.74, 6) is -0.114. The lowest BCUT2D eigenvalue weighted by Crippen LogP contribution is -2.36. The van der Waals surface area contributed by atoms with Crippen LogP contribution < -0.4 is 10.6 Å². The molecule has 0 aliphatic rings. The molecule has 0 fully saturated rings. The van der Waals surface area contributed by atoms with Crippen LogP contribution in [0.4, 0.5) is 0 Å². The lowest BCUT2D eigenvalue weighted by Gasteiger charge is -2.09. The van der Waals surface area contributed by atoms with Gasteiger partial charge < -0.3 is 10.6 Å². The number of nitrogens with one attached hydrogen (secondary N) is 2. The van der Waals surface area contributed by atoms with Crippen LogP contribution in [-0.2, 0) is 0 Å². The Kier molecular flexibility index (Phi) is 6.35. The summed E-state index contributed by atoms with van der Waals surface area (Å²) in [6, 6.07) is 0.268. The second kappa shape index (κ2) is 6.69. The number of rotatable bonds is 4. The third-order valence-electron chi connectivity index (χ3n) is 1.65. The molecule has 1 aromatic rings. The van der Waals surface area contributed by atoms with E-state index in [1.807, 2.05) is 14.0 Å². The van der Waals surface area contributed by atoms with Gasteiger partial charge in [0.25, 0.3) is 5.91 Å². The fourth-order valence-electron chi connectivity index (χ4n) is 0.702. The largest absolute Gasteiger partial charge is 0.350 e. The smallest absolute Gasteiger partial charge is 0.264 e. The molecule has 14 heavy (non-hydrogen) atoms. The highest BCUT2D eigenvalue weighted by Gasteiger charge is 2.08. The summed E-state index contributed by atoms with van der Waals surface area (Å²) in [5, 5.41) is 9.37. The fourth-order valence-corrected chi connectivity index (χ4v) is 1.13. The number of aromatic nitrogens is 2. The van der Waals surface area contributed by atoms with Gasteiger partial charge >= 0.3 is 0 Å². The maximum absolute atomic E-state index is 11.3. The zero-order chi connectivity index (χ0) is 9.68. The number of hydrogen-bond donors (Lipinski definition) is 2. The molecule has 0 aromatic carbocycles. The molecule has 7 heteroatoms. The maximum atomic E-state index is 11.3. The van der Waals surface area contributed by atoms with Crippen molar-refractivity contribution in [3.05, 3.63) is 11.1 Å². The van der Waals surface area contributed by atoms with Crippen molar-refractivity contribution in [3.63, 3.8) is 0 Å². The third-order valence-corrected chi connectivity index (χ3v) is 2.31. The highest BCUT2D eigenvalue weighted by Crippen LogP contribution is 2.00. The van der Waals surface area contributed by atoms with Crippen molar-refractivity contribution in [2.45, 2.75) is 13.0 Å². The van der Waals surface area contributed by atoms with Crippen LogP contribution in [0.5, 0.6) is 0 Å². The Morgan fingerprint density at radius 3 is 2.93 bits per heavy atom. The van der Waals surface area contributed by atoms with Crippen molar-refractivity contribution >= 4 is 29.8 Å². The second-order valence-electron chi connectivity index (χ2n) is 2.68. The van der Waals surface area contributed by atoms with Crippen LogP contribution in [0.3, 0.4) is 0 Å². The first kappa shape index (κ1) is 13.3. The van der Waals surface area contributed by atoms with Crippen molar-refractivity contribution in [2.24, 2.45) is 0 Å². The van der Waals surface area contributed by atoms with E-state index in [0.717, 1.165) is 11.5 Å². The molecule has 0 saturated heterocycles. The van der Waals surface area contributed by atoms with Crippen molar-refractivity contribution in [1.29, 1.82) is 0 Å². The average molecular weight is 237 g/mol. The molecule has 0 saturated carbocycles. The van der Waals surface area contributed by atoms with Gasteiger partial charge in [0.15, 0.2) is 0 Å². The Balaban J connectivity index is 0.00000169. The van der Waals surface area contributed by atoms with E-state index in [0.29, 0.717) is 11.4 Å². The molecule has 2 N–H and O–H groups in total. The second-order valence-corrected chi connectivity index (χ2v) is 3.47. The van der Waals surface area contributed by atoms with E-state index < -0.39 is 0 Å². The van der Waals surface area contributed by atoms with Gasteiger partial charge in [-0.1, -0.05) is 4.49 Å². The van der Waals surface area contributed by atoms with Gasteiger partial charge in [-0.05, 0) is 25.5 Å². The van der Waals surface area contributed by atoms with Crippen LogP contribution in [0.15, 0.2) is 6.20 Å². The Hall–Kier alpha value is -0.720. The van der Waals surface area contributed by atoms with Crippen molar-refractivity contribution in [3.8, 4) is 0 Å². The van der Waals surface area contributed by atoms with E-state index in [-0.39, 0.29) is 24.4 Å². The van der Waals surface area contributed by atoms with Gasteiger partial charge in [-0.25, -0.2) is 0 Å².